The summed E-state index contributed by atoms with van der Waals surface area (Å²) in [5.74, 6) is 5.51. The number of rotatable bonds is 6. The Morgan fingerprint density at radius 3 is 2.56 bits per heavy atom. The first-order chi connectivity index (χ1) is 12.9. The smallest absolute Gasteiger partial charge is 0.248 e. The van der Waals surface area contributed by atoms with Crippen LogP contribution in [-0.4, -0.2) is 57.4 Å². The van der Waals surface area contributed by atoms with E-state index in [0.29, 0.717) is 18.6 Å². The lowest BCUT2D eigenvalue weighted by atomic mass is 9.80. The molecule has 2 aliphatic carbocycles. The maximum Gasteiger partial charge on any atom is 0.248 e. The van der Waals surface area contributed by atoms with E-state index < -0.39 is 12.1 Å². The van der Waals surface area contributed by atoms with Gasteiger partial charge in [-0.3, -0.25) is 14.4 Å². The highest BCUT2D eigenvalue weighted by Gasteiger charge is 2.45. The highest BCUT2D eigenvalue weighted by atomic mass is 35.5. The van der Waals surface area contributed by atoms with Gasteiger partial charge in [0.05, 0.1) is 28.9 Å². The molecule has 5 unspecified atom stereocenters. The Balaban J connectivity index is 1.74. The fourth-order valence-corrected chi connectivity index (χ4v) is 6.10. The average molecular weight is 440 g/mol. The van der Waals surface area contributed by atoms with E-state index in [2.05, 4.69) is 10.4 Å². The van der Waals surface area contributed by atoms with Crippen molar-refractivity contribution in [2.24, 2.45) is 16.9 Å². The van der Waals surface area contributed by atoms with Gasteiger partial charge < -0.3 is 5.32 Å². The van der Waals surface area contributed by atoms with E-state index in [9.17, 15) is 9.59 Å². The number of nitrogens with one attached hydrogen (secondary N) is 1. The van der Waals surface area contributed by atoms with Crippen molar-refractivity contribution in [1.82, 2.24) is 10.3 Å². The van der Waals surface area contributed by atoms with Crippen molar-refractivity contribution < 1.29 is 14.4 Å². The Hall–Kier alpha value is -0.600. The molecule has 0 saturated heterocycles. The minimum atomic E-state index is -0.470. The number of alkyl halides is 3. The summed E-state index contributed by atoms with van der Waals surface area (Å²) in [5.41, 5.74) is 0.597. The number of hydrogen-bond acceptors (Lipinski definition) is 5. The predicted octanol–water partition coefficient (Wildman–Crippen LogP) is 2.12. The van der Waals surface area contributed by atoms with E-state index in [4.69, 9.17) is 45.5 Å². The SMILES string of the molecule is NOC(C1=NN(C2C(Cl)CC(Cl)CC2Cl)C(=O)C1)C1CCCC(NC=O)C1. The number of nitrogens with two attached hydrogens (primary N) is 1. The van der Waals surface area contributed by atoms with Gasteiger partial charge in [-0.1, -0.05) is 6.42 Å². The van der Waals surface area contributed by atoms with Gasteiger partial charge in [0.15, 0.2) is 0 Å². The van der Waals surface area contributed by atoms with E-state index >= 15 is 0 Å². The molecule has 2 saturated carbocycles. The maximum atomic E-state index is 12.6. The first-order valence-corrected chi connectivity index (χ1v) is 10.6. The van der Waals surface area contributed by atoms with Gasteiger partial charge in [0.25, 0.3) is 0 Å². The van der Waals surface area contributed by atoms with Crippen LogP contribution in [0.2, 0.25) is 0 Å². The van der Waals surface area contributed by atoms with E-state index in [0.717, 1.165) is 32.1 Å². The number of carbonyl (C=O) groups is 2. The average Bonchev–Trinajstić information content (AvgIpc) is 2.96. The minimum absolute atomic E-state index is 0.0878. The summed E-state index contributed by atoms with van der Waals surface area (Å²) in [5, 5.41) is 7.95. The van der Waals surface area contributed by atoms with Crippen LogP contribution in [0.25, 0.3) is 0 Å². The predicted molar refractivity (Wildman–Crippen MR) is 105 cm³/mol. The molecule has 3 aliphatic rings. The zero-order valence-electron chi connectivity index (χ0n) is 14.9. The van der Waals surface area contributed by atoms with Crippen LogP contribution < -0.4 is 11.2 Å². The molecule has 0 spiro atoms. The van der Waals surface area contributed by atoms with Crippen molar-refractivity contribution >= 4 is 52.8 Å². The third-order valence-electron chi connectivity index (χ3n) is 5.73. The molecule has 5 atom stereocenters. The van der Waals surface area contributed by atoms with E-state index in [-0.39, 0.29) is 40.4 Å². The zero-order valence-corrected chi connectivity index (χ0v) is 17.2. The van der Waals surface area contributed by atoms with Gasteiger partial charge in [-0.15, -0.1) is 34.8 Å². The molecule has 0 radical (unpaired) electrons. The fourth-order valence-electron chi connectivity index (χ4n) is 4.46. The Bertz CT molecular complexity index is 582. The summed E-state index contributed by atoms with van der Waals surface area (Å²) in [4.78, 5) is 28.6. The monoisotopic (exact) mass is 438 g/mol. The lowest BCUT2D eigenvalue weighted by Crippen LogP contribution is -2.50. The molecule has 3 N–H and O–H groups in total. The number of carbonyl (C=O) groups excluding carboxylic acids is 2. The van der Waals surface area contributed by atoms with Crippen LogP contribution in [0.3, 0.4) is 0 Å². The second-order valence-corrected chi connectivity index (χ2v) is 9.30. The van der Waals surface area contributed by atoms with Gasteiger partial charge in [-0.2, -0.15) is 5.10 Å². The topological polar surface area (TPSA) is 97.0 Å². The van der Waals surface area contributed by atoms with Crippen molar-refractivity contribution in [1.29, 1.82) is 0 Å². The highest BCUT2D eigenvalue weighted by Crippen LogP contribution is 2.37. The minimum Gasteiger partial charge on any atom is -0.356 e. The molecule has 0 aromatic rings. The van der Waals surface area contributed by atoms with Crippen LogP contribution in [0.15, 0.2) is 5.10 Å². The van der Waals surface area contributed by atoms with Crippen LogP contribution >= 0.6 is 34.8 Å². The van der Waals surface area contributed by atoms with Gasteiger partial charge in [0.2, 0.25) is 12.3 Å². The molecule has 10 heteroatoms. The van der Waals surface area contributed by atoms with Crippen LogP contribution in [0.4, 0.5) is 0 Å². The summed E-state index contributed by atoms with van der Waals surface area (Å²) in [6, 6.07) is -0.311. The molecule has 1 aliphatic heterocycles. The molecule has 3 rings (SSSR count). The van der Waals surface area contributed by atoms with Gasteiger partial charge in [0.1, 0.15) is 6.10 Å². The number of hydrazone groups is 1. The Morgan fingerprint density at radius 2 is 1.93 bits per heavy atom. The lowest BCUT2D eigenvalue weighted by molar-refractivity contribution is -0.131. The van der Waals surface area contributed by atoms with Crippen molar-refractivity contribution in [3.8, 4) is 0 Å². The van der Waals surface area contributed by atoms with Crippen molar-refractivity contribution in [2.75, 3.05) is 0 Å². The summed E-state index contributed by atoms with van der Waals surface area (Å²) in [7, 11) is 0. The quantitative estimate of drug-likeness (QED) is 0.376. The van der Waals surface area contributed by atoms with Crippen LogP contribution in [0.5, 0.6) is 0 Å². The third kappa shape index (κ3) is 4.70. The number of amides is 2. The summed E-state index contributed by atoms with van der Waals surface area (Å²) in [6.07, 6.45) is 5.05. The van der Waals surface area contributed by atoms with Crippen molar-refractivity contribution in [2.45, 2.75) is 79.3 Å². The van der Waals surface area contributed by atoms with Gasteiger partial charge >= 0.3 is 0 Å². The van der Waals surface area contributed by atoms with Gasteiger partial charge in [-0.25, -0.2) is 10.9 Å². The van der Waals surface area contributed by atoms with E-state index in [1.165, 1.54) is 5.01 Å². The zero-order chi connectivity index (χ0) is 19.6. The number of halogens is 3. The van der Waals surface area contributed by atoms with E-state index in [1.807, 2.05) is 0 Å². The van der Waals surface area contributed by atoms with Crippen LogP contribution in [-0.2, 0) is 14.4 Å². The normalized spacial score (nSPS) is 38.4. The molecule has 27 heavy (non-hydrogen) atoms. The Kier molecular flexibility index (Phi) is 7.25. The van der Waals surface area contributed by atoms with Gasteiger partial charge in [-0.05, 0) is 38.0 Å². The third-order valence-corrected chi connectivity index (χ3v) is 6.96. The summed E-state index contributed by atoms with van der Waals surface area (Å²) < 4.78 is 0. The Labute approximate surface area is 173 Å². The largest absolute Gasteiger partial charge is 0.356 e. The molecule has 152 valence electrons. The first kappa shape index (κ1) is 21.1. The first-order valence-electron chi connectivity index (χ1n) is 9.31. The maximum absolute atomic E-state index is 12.6. The number of nitrogens with zero attached hydrogens (tertiary/aromatic N) is 2. The highest BCUT2D eigenvalue weighted by molar-refractivity contribution is 6.28. The molecule has 0 aromatic carbocycles. The van der Waals surface area contributed by atoms with Crippen molar-refractivity contribution in [3.05, 3.63) is 0 Å². The standard InChI is InChI=1S/C17H25Cl3N4O3/c18-10-5-12(19)16(13(20)6-10)24-15(26)7-14(23-24)17(27-21)9-2-1-3-11(4-9)22-8-25/h8-13,16-17H,1-7,21H2,(H,22,25). The molecule has 7 nitrogen and oxygen atoms in total. The Morgan fingerprint density at radius 1 is 1.22 bits per heavy atom. The van der Waals surface area contributed by atoms with Crippen molar-refractivity contribution in [3.63, 3.8) is 0 Å². The number of hydrogen-bond donors (Lipinski definition) is 2. The van der Waals surface area contributed by atoms with Gasteiger partial charge in [0, 0.05) is 11.4 Å². The summed E-state index contributed by atoms with van der Waals surface area (Å²) >= 11 is 19.1. The van der Waals surface area contributed by atoms with Crippen LogP contribution in [0, 0.1) is 5.92 Å². The van der Waals surface area contributed by atoms with E-state index in [1.54, 1.807) is 0 Å². The summed E-state index contributed by atoms with van der Waals surface area (Å²) in [6.45, 7) is 0. The molecule has 0 bridgehead atoms. The molecule has 2 amide bonds. The fraction of sp³-hybridized carbons (Fsp3) is 0.824. The molecule has 0 aromatic heterocycles. The lowest BCUT2D eigenvalue weighted by Gasteiger charge is -2.37. The second-order valence-electron chi connectivity index (χ2n) is 7.56. The van der Waals surface area contributed by atoms with Crippen LogP contribution in [0.1, 0.15) is 44.9 Å². The molecule has 1 heterocycles. The molecular weight excluding hydrogens is 415 g/mol. The molecule has 2 fully saturated rings. The molecular formula is C17H25Cl3N4O3. The second kappa shape index (κ2) is 9.27.